The second kappa shape index (κ2) is 5.87. The van der Waals surface area contributed by atoms with E-state index in [0.29, 0.717) is 5.92 Å². The first-order valence-electron chi connectivity index (χ1n) is 5.94. The molecular weight excluding hydrogens is 279 g/mol. The highest BCUT2D eigenvalue weighted by molar-refractivity contribution is 7.09. The van der Waals surface area contributed by atoms with Crippen molar-refractivity contribution in [3.8, 4) is 0 Å². The average molecular weight is 293 g/mol. The van der Waals surface area contributed by atoms with Crippen LogP contribution in [0.4, 0.5) is 13.2 Å². The summed E-state index contributed by atoms with van der Waals surface area (Å²) in [6, 6.07) is 0. The number of aromatic nitrogens is 1. The number of thiazole rings is 1. The molecule has 1 saturated carbocycles. The van der Waals surface area contributed by atoms with Crippen LogP contribution < -0.4 is 10.6 Å². The van der Waals surface area contributed by atoms with E-state index in [2.05, 4.69) is 15.6 Å². The zero-order valence-corrected chi connectivity index (χ0v) is 10.9. The fourth-order valence-electron chi connectivity index (χ4n) is 1.47. The Morgan fingerprint density at radius 2 is 2.21 bits per heavy atom. The van der Waals surface area contributed by atoms with Crippen LogP contribution in [-0.2, 0) is 17.5 Å². The highest BCUT2D eigenvalue weighted by Gasteiger charge is 2.33. The summed E-state index contributed by atoms with van der Waals surface area (Å²) in [6.45, 7) is 1.04. The van der Waals surface area contributed by atoms with Gasteiger partial charge in [-0.25, -0.2) is 4.98 Å². The van der Waals surface area contributed by atoms with Crippen LogP contribution in [0.1, 0.15) is 23.5 Å². The zero-order chi connectivity index (χ0) is 13.9. The minimum atomic E-state index is -4.43. The lowest BCUT2D eigenvalue weighted by Gasteiger charge is -2.04. The molecule has 0 bridgehead atoms. The summed E-state index contributed by atoms with van der Waals surface area (Å²) >= 11 is 0.891. The van der Waals surface area contributed by atoms with E-state index in [1.54, 1.807) is 0 Å². The molecule has 0 radical (unpaired) electrons. The Bertz CT molecular complexity index is 443. The number of halogens is 3. The number of alkyl halides is 3. The van der Waals surface area contributed by atoms with Crippen molar-refractivity contribution < 1.29 is 18.0 Å². The molecule has 1 heterocycles. The van der Waals surface area contributed by atoms with Gasteiger partial charge in [0.2, 0.25) is 5.91 Å². The lowest BCUT2D eigenvalue weighted by Crippen LogP contribution is -2.34. The van der Waals surface area contributed by atoms with Gasteiger partial charge in [-0.2, -0.15) is 13.2 Å². The molecule has 1 aliphatic rings. The van der Waals surface area contributed by atoms with Crippen LogP contribution in [0.5, 0.6) is 0 Å². The number of carbonyl (C=O) groups is 1. The molecule has 19 heavy (non-hydrogen) atoms. The summed E-state index contributed by atoms with van der Waals surface area (Å²) in [5, 5.41) is 6.74. The number of nitrogens with one attached hydrogen (secondary N) is 2. The fourth-order valence-corrected chi connectivity index (χ4v) is 2.21. The molecule has 1 fully saturated rings. The summed E-state index contributed by atoms with van der Waals surface area (Å²) in [6.07, 6.45) is -2.02. The van der Waals surface area contributed by atoms with Gasteiger partial charge in [-0.1, -0.05) is 0 Å². The highest BCUT2D eigenvalue weighted by Crippen LogP contribution is 2.30. The Kier molecular flexibility index (Phi) is 4.41. The Labute approximate surface area is 112 Å². The maximum absolute atomic E-state index is 12.3. The first-order valence-corrected chi connectivity index (χ1v) is 6.82. The first kappa shape index (κ1) is 14.3. The van der Waals surface area contributed by atoms with Gasteiger partial charge in [-0.3, -0.25) is 4.79 Å². The summed E-state index contributed by atoms with van der Waals surface area (Å²) < 4.78 is 36.9. The first-order chi connectivity index (χ1) is 8.95. The van der Waals surface area contributed by atoms with Gasteiger partial charge in [0, 0.05) is 5.38 Å². The van der Waals surface area contributed by atoms with Crippen molar-refractivity contribution in [2.45, 2.75) is 25.6 Å². The van der Waals surface area contributed by atoms with Crippen molar-refractivity contribution in [3.63, 3.8) is 0 Å². The van der Waals surface area contributed by atoms with Gasteiger partial charge >= 0.3 is 6.18 Å². The van der Waals surface area contributed by atoms with Gasteiger partial charge in [-0.05, 0) is 25.3 Å². The van der Waals surface area contributed by atoms with Crippen molar-refractivity contribution in [1.82, 2.24) is 15.6 Å². The molecule has 1 amide bonds. The summed E-state index contributed by atoms with van der Waals surface area (Å²) in [5.41, 5.74) is -0.909. The molecule has 0 spiro atoms. The van der Waals surface area contributed by atoms with Crippen LogP contribution in [-0.4, -0.2) is 24.0 Å². The Hall–Kier alpha value is -1.15. The maximum atomic E-state index is 12.3. The van der Waals surface area contributed by atoms with E-state index < -0.39 is 11.9 Å². The molecule has 2 rings (SSSR count). The molecule has 0 unspecified atom stereocenters. The molecular formula is C11H14F3N3OS. The summed E-state index contributed by atoms with van der Waals surface area (Å²) in [4.78, 5) is 14.8. The van der Waals surface area contributed by atoms with E-state index in [0.717, 1.165) is 23.3 Å². The molecule has 4 nitrogen and oxygen atoms in total. The Morgan fingerprint density at radius 1 is 1.47 bits per heavy atom. The molecule has 1 aliphatic carbocycles. The standard InChI is InChI=1S/C11H14F3N3OS/c12-11(13,14)8-6-19-10(17-8)5-16-9(18)4-15-3-7-1-2-7/h6-7,15H,1-5H2,(H,16,18). The Morgan fingerprint density at radius 3 is 2.79 bits per heavy atom. The van der Waals surface area contributed by atoms with E-state index >= 15 is 0 Å². The third-order valence-corrected chi connectivity index (χ3v) is 3.54. The second-order valence-corrected chi connectivity index (χ2v) is 5.42. The summed E-state index contributed by atoms with van der Waals surface area (Å²) in [7, 11) is 0. The third kappa shape index (κ3) is 4.79. The smallest absolute Gasteiger partial charge is 0.348 e. The van der Waals surface area contributed by atoms with E-state index in [1.807, 2.05) is 0 Å². The van der Waals surface area contributed by atoms with Crippen LogP contribution in [0.25, 0.3) is 0 Å². The number of hydrogen-bond acceptors (Lipinski definition) is 4. The predicted molar refractivity (Wildman–Crippen MR) is 64.6 cm³/mol. The number of nitrogens with zero attached hydrogens (tertiary/aromatic N) is 1. The van der Waals surface area contributed by atoms with Gasteiger partial charge in [0.05, 0.1) is 13.1 Å². The van der Waals surface area contributed by atoms with Crippen LogP contribution in [0, 0.1) is 5.92 Å². The quantitative estimate of drug-likeness (QED) is 0.840. The third-order valence-electron chi connectivity index (χ3n) is 2.69. The molecule has 2 N–H and O–H groups in total. The molecule has 106 valence electrons. The SMILES string of the molecule is O=C(CNCC1CC1)NCc1nc(C(F)(F)F)cs1. The minimum absolute atomic E-state index is 0.0324. The molecule has 0 aliphatic heterocycles. The monoisotopic (exact) mass is 293 g/mol. The van der Waals surface area contributed by atoms with Crippen molar-refractivity contribution in [2.75, 3.05) is 13.1 Å². The highest BCUT2D eigenvalue weighted by atomic mass is 32.1. The van der Waals surface area contributed by atoms with E-state index in [-0.39, 0.29) is 24.0 Å². The lowest BCUT2D eigenvalue weighted by molar-refractivity contribution is -0.140. The number of carbonyl (C=O) groups excluding carboxylic acids is 1. The average Bonchev–Trinajstić information content (AvgIpc) is 3.01. The van der Waals surface area contributed by atoms with E-state index in [1.165, 1.54) is 12.8 Å². The molecule has 0 aromatic carbocycles. The molecule has 1 aromatic heterocycles. The molecule has 1 aromatic rings. The van der Waals surface area contributed by atoms with Crippen LogP contribution in [0.3, 0.4) is 0 Å². The molecule has 0 saturated heterocycles. The zero-order valence-electron chi connectivity index (χ0n) is 10.1. The van der Waals surface area contributed by atoms with Gasteiger partial charge in [0.25, 0.3) is 0 Å². The van der Waals surface area contributed by atoms with Gasteiger partial charge in [0.1, 0.15) is 5.01 Å². The topological polar surface area (TPSA) is 54.0 Å². The van der Waals surface area contributed by atoms with Gasteiger partial charge in [0.15, 0.2) is 5.69 Å². The van der Waals surface area contributed by atoms with Crippen LogP contribution in [0.15, 0.2) is 5.38 Å². The van der Waals surface area contributed by atoms with E-state index in [4.69, 9.17) is 0 Å². The Balaban J connectivity index is 1.69. The minimum Gasteiger partial charge on any atom is -0.348 e. The summed E-state index contributed by atoms with van der Waals surface area (Å²) in [5.74, 6) is 0.450. The maximum Gasteiger partial charge on any atom is 0.434 e. The van der Waals surface area contributed by atoms with Crippen molar-refractivity contribution in [2.24, 2.45) is 5.92 Å². The number of rotatable bonds is 6. The second-order valence-electron chi connectivity index (χ2n) is 4.48. The predicted octanol–water partition coefficient (Wildman–Crippen LogP) is 1.78. The van der Waals surface area contributed by atoms with E-state index in [9.17, 15) is 18.0 Å². The lowest BCUT2D eigenvalue weighted by atomic mass is 10.4. The van der Waals surface area contributed by atoms with Gasteiger partial charge < -0.3 is 10.6 Å². The number of amides is 1. The van der Waals surface area contributed by atoms with Crippen molar-refractivity contribution in [3.05, 3.63) is 16.1 Å². The largest absolute Gasteiger partial charge is 0.434 e. The molecule has 0 atom stereocenters. The van der Waals surface area contributed by atoms with Gasteiger partial charge in [-0.15, -0.1) is 11.3 Å². The van der Waals surface area contributed by atoms with Crippen LogP contribution in [0.2, 0.25) is 0 Å². The fraction of sp³-hybridized carbons (Fsp3) is 0.636. The van der Waals surface area contributed by atoms with Crippen molar-refractivity contribution in [1.29, 1.82) is 0 Å². The molecule has 8 heteroatoms. The van der Waals surface area contributed by atoms with Crippen molar-refractivity contribution >= 4 is 17.2 Å². The normalized spacial score (nSPS) is 15.5. The number of hydrogen-bond donors (Lipinski definition) is 2. The van der Waals surface area contributed by atoms with Crippen LogP contribution >= 0.6 is 11.3 Å².